The fourth-order valence-corrected chi connectivity index (χ4v) is 3.57. The van der Waals surface area contributed by atoms with Crippen molar-refractivity contribution in [1.82, 2.24) is 29.1 Å². The van der Waals surface area contributed by atoms with Crippen molar-refractivity contribution in [3.8, 4) is 11.5 Å². The maximum absolute atomic E-state index is 15.0. The van der Waals surface area contributed by atoms with Crippen molar-refractivity contribution in [2.75, 3.05) is 0 Å². The molecule has 4 rings (SSSR count). The van der Waals surface area contributed by atoms with Crippen LogP contribution in [0.3, 0.4) is 0 Å². The van der Waals surface area contributed by atoms with E-state index in [1.807, 2.05) is 32.9 Å². The molecule has 0 aliphatic heterocycles. The van der Waals surface area contributed by atoms with Gasteiger partial charge in [0.1, 0.15) is 12.0 Å². The van der Waals surface area contributed by atoms with E-state index in [1.54, 1.807) is 10.7 Å². The number of nitrogens with zero attached hydrogens (tertiary/aromatic N) is 6. The van der Waals surface area contributed by atoms with Gasteiger partial charge in [0.25, 0.3) is 0 Å². The second-order valence-electron chi connectivity index (χ2n) is 7.50. The van der Waals surface area contributed by atoms with Crippen LogP contribution in [0, 0.1) is 19.7 Å². The average molecular weight is 394 g/mol. The lowest BCUT2D eigenvalue weighted by Gasteiger charge is -2.14. The smallest absolute Gasteiger partial charge is 0.281 e. The van der Waals surface area contributed by atoms with Crippen LogP contribution in [0.25, 0.3) is 22.4 Å². The number of hydrogen-bond acceptors (Lipinski definition) is 4. The maximum atomic E-state index is 15.0. The van der Waals surface area contributed by atoms with Crippen LogP contribution in [-0.4, -0.2) is 29.1 Å². The molecule has 0 fully saturated rings. The molecule has 0 radical (unpaired) electrons. The topological polar surface area (TPSA) is 70.5 Å². The summed E-state index contributed by atoms with van der Waals surface area (Å²) in [6, 6.07) is 6.97. The van der Waals surface area contributed by atoms with Crippen LogP contribution < -0.4 is 5.69 Å². The summed E-state index contributed by atoms with van der Waals surface area (Å²) in [5.41, 5.74) is 3.12. The summed E-state index contributed by atoms with van der Waals surface area (Å²) < 4.78 is 19.3. The molecule has 3 heterocycles. The Labute approximate surface area is 167 Å². The van der Waals surface area contributed by atoms with Crippen molar-refractivity contribution in [3.05, 3.63) is 63.8 Å². The molecule has 0 bridgehead atoms. The van der Waals surface area contributed by atoms with Gasteiger partial charge < -0.3 is 0 Å². The van der Waals surface area contributed by atoms with Gasteiger partial charge in [-0.25, -0.2) is 18.9 Å². The van der Waals surface area contributed by atoms with Crippen LogP contribution >= 0.6 is 0 Å². The van der Waals surface area contributed by atoms with Gasteiger partial charge >= 0.3 is 5.69 Å². The second-order valence-corrected chi connectivity index (χ2v) is 7.50. The first-order valence-corrected chi connectivity index (χ1v) is 9.62. The molecule has 1 aromatic carbocycles. The third-order valence-electron chi connectivity index (χ3n) is 5.05. The van der Waals surface area contributed by atoms with Gasteiger partial charge in [0, 0.05) is 23.7 Å². The summed E-state index contributed by atoms with van der Waals surface area (Å²) in [6.07, 6.45) is 1.42. The molecule has 0 unspecified atom stereocenters. The third kappa shape index (κ3) is 3.14. The van der Waals surface area contributed by atoms with Crippen LogP contribution in [0.2, 0.25) is 0 Å². The number of fused-ring (bicyclic) bond motifs is 1. The highest BCUT2D eigenvalue weighted by Gasteiger charge is 2.18. The van der Waals surface area contributed by atoms with E-state index >= 15 is 0 Å². The largest absolute Gasteiger partial charge is 0.350 e. The highest BCUT2D eigenvalue weighted by molar-refractivity contribution is 5.86. The predicted molar refractivity (Wildman–Crippen MR) is 109 cm³/mol. The van der Waals surface area contributed by atoms with Crippen LogP contribution in [0.15, 0.2) is 35.4 Å². The second kappa shape index (κ2) is 6.95. The minimum atomic E-state index is -0.548. The van der Waals surface area contributed by atoms with E-state index in [9.17, 15) is 9.18 Å². The van der Waals surface area contributed by atoms with E-state index in [4.69, 9.17) is 0 Å². The number of aromatic nitrogens is 6. The molecule has 7 nitrogen and oxygen atoms in total. The molecule has 0 saturated carbocycles. The molecule has 3 aromatic heterocycles. The lowest BCUT2D eigenvalue weighted by atomic mass is 9.98. The molecule has 0 N–H and O–H groups in total. The number of rotatable bonds is 4. The molecule has 0 atom stereocenters. The maximum Gasteiger partial charge on any atom is 0.350 e. The minimum absolute atomic E-state index is 0.122. The van der Waals surface area contributed by atoms with Crippen molar-refractivity contribution in [2.45, 2.75) is 47.1 Å². The van der Waals surface area contributed by atoms with Gasteiger partial charge in [-0.3, -0.25) is 4.57 Å². The molecular formula is C21H23FN6O. The summed E-state index contributed by atoms with van der Waals surface area (Å²) in [6.45, 7) is 10.3. The van der Waals surface area contributed by atoms with Crippen molar-refractivity contribution in [1.29, 1.82) is 0 Å². The van der Waals surface area contributed by atoms with Gasteiger partial charge in [-0.05, 0) is 50.5 Å². The highest BCUT2D eigenvalue weighted by atomic mass is 19.1. The van der Waals surface area contributed by atoms with E-state index < -0.39 is 5.82 Å². The number of aryl methyl sites for hydroxylation is 3. The van der Waals surface area contributed by atoms with Crippen molar-refractivity contribution in [2.24, 2.45) is 0 Å². The molecule has 150 valence electrons. The van der Waals surface area contributed by atoms with Gasteiger partial charge in [-0.2, -0.15) is 14.9 Å². The van der Waals surface area contributed by atoms with Crippen molar-refractivity contribution >= 4 is 10.9 Å². The van der Waals surface area contributed by atoms with E-state index in [2.05, 4.69) is 29.0 Å². The summed E-state index contributed by atoms with van der Waals surface area (Å²) in [7, 11) is 0. The fourth-order valence-electron chi connectivity index (χ4n) is 3.57. The molecule has 4 aromatic rings. The Bertz CT molecular complexity index is 1280. The SMILES string of the molecule is CCn1cnn(-c2cc3c(C(C)C)cc(-n4nc(C)cc4C)nc3cc2F)c1=O. The van der Waals surface area contributed by atoms with Crippen molar-refractivity contribution < 1.29 is 4.39 Å². The third-order valence-corrected chi connectivity index (χ3v) is 5.05. The molecular weight excluding hydrogens is 371 g/mol. The van der Waals surface area contributed by atoms with Crippen LogP contribution in [0.4, 0.5) is 4.39 Å². The summed E-state index contributed by atoms with van der Waals surface area (Å²) >= 11 is 0. The molecule has 29 heavy (non-hydrogen) atoms. The summed E-state index contributed by atoms with van der Waals surface area (Å²) in [4.78, 5) is 17.1. The number of hydrogen-bond donors (Lipinski definition) is 0. The lowest BCUT2D eigenvalue weighted by molar-refractivity contribution is 0.606. The van der Waals surface area contributed by atoms with Gasteiger partial charge in [0.15, 0.2) is 11.6 Å². The molecule has 0 amide bonds. The molecule has 0 spiro atoms. The van der Waals surface area contributed by atoms with E-state index in [0.717, 1.165) is 27.0 Å². The highest BCUT2D eigenvalue weighted by Crippen LogP contribution is 2.30. The first-order valence-electron chi connectivity index (χ1n) is 9.62. The van der Waals surface area contributed by atoms with Gasteiger partial charge in [-0.1, -0.05) is 13.8 Å². The van der Waals surface area contributed by atoms with Crippen LogP contribution in [0.1, 0.15) is 43.6 Å². The van der Waals surface area contributed by atoms with Crippen LogP contribution in [0.5, 0.6) is 0 Å². The zero-order valence-electron chi connectivity index (χ0n) is 17.1. The van der Waals surface area contributed by atoms with Crippen molar-refractivity contribution in [3.63, 3.8) is 0 Å². The minimum Gasteiger partial charge on any atom is -0.281 e. The number of benzene rings is 1. The van der Waals surface area contributed by atoms with E-state index in [1.165, 1.54) is 17.0 Å². The Balaban J connectivity index is 1.98. The van der Waals surface area contributed by atoms with Gasteiger partial charge in [0.05, 0.1) is 11.2 Å². The van der Waals surface area contributed by atoms with Gasteiger partial charge in [-0.15, -0.1) is 0 Å². The Morgan fingerprint density at radius 2 is 1.86 bits per heavy atom. The summed E-state index contributed by atoms with van der Waals surface area (Å²) in [5.74, 6) is 0.263. The normalized spacial score (nSPS) is 11.7. The lowest BCUT2D eigenvalue weighted by Crippen LogP contribution is -2.23. The zero-order chi connectivity index (χ0) is 20.9. The Morgan fingerprint density at radius 1 is 1.10 bits per heavy atom. The van der Waals surface area contributed by atoms with Crippen LogP contribution in [-0.2, 0) is 6.54 Å². The molecule has 0 saturated heterocycles. The summed E-state index contributed by atoms with van der Waals surface area (Å²) in [5, 5.41) is 9.36. The zero-order valence-corrected chi connectivity index (χ0v) is 17.1. The standard InChI is InChI=1S/C21H23FN6O/c1-6-26-11-23-28(21(26)29)19-8-16-15(12(2)3)9-20(24-18(16)10-17(19)22)27-14(5)7-13(4)25-27/h7-12H,6H2,1-5H3. The monoisotopic (exact) mass is 394 g/mol. The average Bonchev–Trinajstić information content (AvgIpc) is 3.21. The predicted octanol–water partition coefficient (Wildman–Crippen LogP) is 3.67. The number of halogens is 1. The first kappa shape index (κ1) is 19.0. The number of pyridine rings is 1. The Kier molecular flexibility index (Phi) is 4.56. The molecule has 0 aliphatic carbocycles. The fraction of sp³-hybridized carbons (Fsp3) is 0.333. The first-order chi connectivity index (χ1) is 13.8. The Morgan fingerprint density at radius 3 is 2.45 bits per heavy atom. The molecule has 0 aliphatic rings. The van der Waals surface area contributed by atoms with E-state index in [0.29, 0.717) is 17.9 Å². The molecule has 8 heteroatoms. The Hall–Kier alpha value is -3.29. The van der Waals surface area contributed by atoms with Gasteiger partial charge in [0.2, 0.25) is 0 Å². The quantitative estimate of drug-likeness (QED) is 0.530. The van der Waals surface area contributed by atoms with E-state index in [-0.39, 0.29) is 17.3 Å².